The Morgan fingerprint density at radius 3 is 2.41 bits per heavy atom. The maximum atomic E-state index is 13.4. The van der Waals surface area contributed by atoms with E-state index in [-0.39, 0.29) is 24.4 Å². The van der Waals surface area contributed by atoms with Crippen LogP contribution in [0, 0.1) is 13.8 Å². The van der Waals surface area contributed by atoms with Crippen molar-refractivity contribution in [1.29, 1.82) is 0 Å². The zero-order valence-corrected chi connectivity index (χ0v) is 17.3. The zero-order valence-electron chi connectivity index (χ0n) is 17.3. The molecule has 2 aliphatic rings. The fourth-order valence-corrected chi connectivity index (χ4v) is 4.62. The first-order chi connectivity index (χ1) is 14.0. The first-order valence-electron chi connectivity index (χ1n) is 10.5. The van der Waals surface area contributed by atoms with Gasteiger partial charge in [-0.2, -0.15) is 0 Å². The number of fused-ring (bicyclic) bond motifs is 1. The topological polar surface area (TPSA) is 52.7 Å². The third-order valence-corrected chi connectivity index (χ3v) is 5.89. The Hall–Kier alpha value is -2.66. The van der Waals surface area contributed by atoms with Crippen molar-refractivity contribution in [2.24, 2.45) is 0 Å². The minimum Gasteiger partial charge on any atom is -0.341 e. The minimum atomic E-state index is -0.372. The highest BCUT2D eigenvalue weighted by Crippen LogP contribution is 2.32. The standard InChI is InChI=1S/C24H29N3O2/c1-17-13-18(2)15-20(14-17)25-22(28)16-27-12-9-19-7-3-4-8-21(19)23(27)24(29)26-10-5-6-11-26/h3-4,7-8,13-15,23H,5-6,9-12,16H2,1-2H3,(H,25,28)/t23-/m1/s1. The molecular formula is C24H29N3O2. The highest BCUT2D eigenvalue weighted by molar-refractivity contribution is 5.93. The molecule has 0 bridgehead atoms. The maximum Gasteiger partial charge on any atom is 0.244 e. The van der Waals surface area contributed by atoms with Crippen LogP contribution in [0.25, 0.3) is 0 Å². The lowest BCUT2D eigenvalue weighted by Crippen LogP contribution is -2.47. The number of aryl methyl sites for hydroxylation is 2. The van der Waals surface area contributed by atoms with E-state index in [2.05, 4.69) is 17.4 Å². The van der Waals surface area contributed by atoms with Crippen LogP contribution >= 0.6 is 0 Å². The van der Waals surface area contributed by atoms with Gasteiger partial charge in [0.25, 0.3) is 0 Å². The Bertz CT molecular complexity index is 898. The smallest absolute Gasteiger partial charge is 0.244 e. The summed E-state index contributed by atoms with van der Waals surface area (Å²) in [6.45, 7) is 6.61. The molecule has 2 aliphatic heterocycles. The van der Waals surface area contributed by atoms with Crippen LogP contribution in [0.4, 0.5) is 5.69 Å². The molecule has 1 N–H and O–H groups in total. The Kier molecular flexibility index (Phi) is 5.67. The van der Waals surface area contributed by atoms with Gasteiger partial charge in [-0.15, -0.1) is 0 Å². The molecule has 1 saturated heterocycles. The molecule has 2 heterocycles. The van der Waals surface area contributed by atoms with Crippen LogP contribution < -0.4 is 5.32 Å². The van der Waals surface area contributed by atoms with Crippen molar-refractivity contribution in [3.8, 4) is 0 Å². The van der Waals surface area contributed by atoms with Crippen molar-refractivity contribution < 1.29 is 9.59 Å². The van der Waals surface area contributed by atoms with E-state index in [9.17, 15) is 9.59 Å². The summed E-state index contributed by atoms with van der Waals surface area (Å²) in [5.41, 5.74) is 5.32. The van der Waals surface area contributed by atoms with Gasteiger partial charge in [-0.1, -0.05) is 30.3 Å². The van der Waals surface area contributed by atoms with E-state index in [4.69, 9.17) is 0 Å². The number of likely N-dealkylation sites (tertiary alicyclic amines) is 1. The van der Waals surface area contributed by atoms with E-state index in [1.807, 2.05) is 54.0 Å². The van der Waals surface area contributed by atoms with Crippen LogP contribution in [-0.2, 0) is 16.0 Å². The van der Waals surface area contributed by atoms with Crippen molar-refractivity contribution in [2.75, 3.05) is 31.5 Å². The lowest BCUT2D eigenvalue weighted by molar-refractivity contribution is -0.137. The van der Waals surface area contributed by atoms with Gasteiger partial charge in [0.15, 0.2) is 0 Å². The molecule has 0 aromatic heterocycles. The summed E-state index contributed by atoms with van der Waals surface area (Å²) in [4.78, 5) is 30.2. The van der Waals surface area contributed by atoms with Crippen molar-refractivity contribution in [3.63, 3.8) is 0 Å². The molecule has 1 atom stereocenters. The second-order valence-corrected chi connectivity index (χ2v) is 8.28. The van der Waals surface area contributed by atoms with Gasteiger partial charge < -0.3 is 10.2 Å². The number of benzene rings is 2. The monoisotopic (exact) mass is 391 g/mol. The maximum absolute atomic E-state index is 13.4. The second-order valence-electron chi connectivity index (χ2n) is 8.28. The lowest BCUT2D eigenvalue weighted by Gasteiger charge is -2.37. The highest BCUT2D eigenvalue weighted by Gasteiger charge is 2.37. The molecule has 29 heavy (non-hydrogen) atoms. The molecule has 0 spiro atoms. The SMILES string of the molecule is Cc1cc(C)cc(NC(=O)CN2CCc3ccccc3[C@@H]2C(=O)N2CCCC2)c1. The van der Waals surface area contributed by atoms with Crippen LogP contribution in [0.15, 0.2) is 42.5 Å². The van der Waals surface area contributed by atoms with E-state index in [0.717, 1.165) is 54.7 Å². The van der Waals surface area contributed by atoms with E-state index >= 15 is 0 Å². The molecule has 0 radical (unpaired) electrons. The Morgan fingerprint density at radius 1 is 1.00 bits per heavy atom. The van der Waals surface area contributed by atoms with Gasteiger partial charge in [-0.25, -0.2) is 0 Å². The number of rotatable bonds is 4. The van der Waals surface area contributed by atoms with Gasteiger partial charge in [0.05, 0.1) is 6.54 Å². The third kappa shape index (κ3) is 4.35. The molecule has 0 saturated carbocycles. The fraction of sp³-hybridized carbons (Fsp3) is 0.417. The Morgan fingerprint density at radius 2 is 1.69 bits per heavy atom. The first-order valence-corrected chi connectivity index (χ1v) is 10.5. The van der Waals surface area contributed by atoms with Crippen LogP contribution in [0.2, 0.25) is 0 Å². The number of hydrogen-bond acceptors (Lipinski definition) is 3. The third-order valence-electron chi connectivity index (χ3n) is 5.89. The van der Waals surface area contributed by atoms with Crippen molar-refractivity contribution in [3.05, 3.63) is 64.7 Å². The molecule has 0 aliphatic carbocycles. The Labute approximate surface area is 172 Å². The van der Waals surface area contributed by atoms with Gasteiger partial charge in [0.2, 0.25) is 11.8 Å². The Balaban J connectivity index is 1.54. The van der Waals surface area contributed by atoms with Crippen molar-refractivity contribution in [1.82, 2.24) is 9.80 Å². The predicted octanol–water partition coefficient (Wildman–Crippen LogP) is 3.46. The van der Waals surface area contributed by atoms with Gasteiger partial charge in [0, 0.05) is 25.3 Å². The number of nitrogens with zero attached hydrogens (tertiary/aromatic N) is 2. The average molecular weight is 392 g/mol. The molecule has 2 amide bonds. The number of nitrogens with one attached hydrogen (secondary N) is 1. The quantitative estimate of drug-likeness (QED) is 0.868. The number of amides is 2. The van der Waals surface area contributed by atoms with E-state index < -0.39 is 0 Å². The predicted molar refractivity (Wildman–Crippen MR) is 115 cm³/mol. The number of carbonyl (C=O) groups excluding carboxylic acids is 2. The average Bonchev–Trinajstić information content (AvgIpc) is 3.21. The van der Waals surface area contributed by atoms with E-state index in [0.29, 0.717) is 6.54 Å². The summed E-state index contributed by atoms with van der Waals surface area (Å²) in [6.07, 6.45) is 2.98. The molecular weight excluding hydrogens is 362 g/mol. The van der Waals surface area contributed by atoms with E-state index in [1.54, 1.807) is 0 Å². The van der Waals surface area contributed by atoms with Gasteiger partial charge in [0.1, 0.15) is 6.04 Å². The van der Waals surface area contributed by atoms with Crippen LogP contribution in [0.5, 0.6) is 0 Å². The van der Waals surface area contributed by atoms with Crippen LogP contribution in [0.1, 0.15) is 41.1 Å². The van der Waals surface area contributed by atoms with Crippen LogP contribution in [-0.4, -0.2) is 47.8 Å². The number of hydrogen-bond donors (Lipinski definition) is 1. The van der Waals surface area contributed by atoms with Gasteiger partial charge in [-0.05, 0) is 67.5 Å². The summed E-state index contributed by atoms with van der Waals surface area (Å²) < 4.78 is 0. The highest BCUT2D eigenvalue weighted by atomic mass is 16.2. The van der Waals surface area contributed by atoms with Crippen molar-refractivity contribution >= 4 is 17.5 Å². The zero-order chi connectivity index (χ0) is 20.4. The molecule has 0 unspecified atom stereocenters. The summed E-state index contributed by atoms with van der Waals surface area (Å²) in [5.74, 6) is 0.0578. The summed E-state index contributed by atoms with van der Waals surface area (Å²) in [6, 6.07) is 13.8. The van der Waals surface area contributed by atoms with Gasteiger partial charge >= 0.3 is 0 Å². The van der Waals surface area contributed by atoms with Crippen LogP contribution in [0.3, 0.4) is 0 Å². The molecule has 4 rings (SSSR count). The first kappa shape index (κ1) is 19.6. The molecule has 2 aromatic rings. The largest absolute Gasteiger partial charge is 0.341 e. The summed E-state index contributed by atoms with van der Waals surface area (Å²) in [5, 5.41) is 3.02. The second kappa shape index (κ2) is 8.37. The summed E-state index contributed by atoms with van der Waals surface area (Å²) in [7, 11) is 0. The lowest BCUT2D eigenvalue weighted by atomic mass is 9.91. The van der Waals surface area contributed by atoms with Crippen molar-refractivity contribution in [2.45, 2.75) is 39.2 Å². The van der Waals surface area contributed by atoms with E-state index in [1.165, 1.54) is 5.56 Å². The molecule has 5 heteroatoms. The number of carbonyl (C=O) groups is 2. The number of anilines is 1. The fourth-order valence-electron chi connectivity index (χ4n) is 4.62. The molecule has 5 nitrogen and oxygen atoms in total. The molecule has 1 fully saturated rings. The molecule has 152 valence electrons. The minimum absolute atomic E-state index is 0.0754. The van der Waals surface area contributed by atoms with Gasteiger partial charge in [-0.3, -0.25) is 14.5 Å². The summed E-state index contributed by atoms with van der Waals surface area (Å²) >= 11 is 0. The normalized spacial score (nSPS) is 19.1. The molecule has 2 aromatic carbocycles.